The third-order valence-electron chi connectivity index (χ3n) is 4.69. The Morgan fingerprint density at radius 3 is 2.70 bits per heavy atom. The van der Waals surface area contributed by atoms with Crippen molar-refractivity contribution >= 4 is 50.1 Å². The number of nitrogens with one attached hydrogen (secondary N) is 2. The molecule has 0 bridgehead atoms. The Labute approximate surface area is 184 Å². The maximum atomic E-state index is 11.7. The van der Waals surface area contributed by atoms with Crippen LogP contribution in [0, 0.1) is 0 Å². The lowest BCUT2D eigenvalue weighted by Gasteiger charge is -2.27. The summed E-state index contributed by atoms with van der Waals surface area (Å²) >= 11 is 7.34. The lowest BCUT2D eigenvalue weighted by atomic mass is 10.0. The molecule has 0 amide bonds. The van der Waals surface area contributed by atoms with Crippen molar-refractivity contribution in [2.75, 3.05) is 23.0 Å². The Hall–Kier alpha value is -2.69. The third-order valence-corrected chi connectivity index (χ3v) is 6.54. The fourth-order valence-corrected chi connectivity index (χ4v) is 5.26. The fraction of sp³-hybridized carbons (Fsp3) is 0.200. The molecule has 0 radical (unpaired) electrons. The van der Waals surface area contributed by atoms with Crippen molar-refractivity contribution in [2.45, 2.75) is 12.1 Å². The fourth-order valence-electron chi connectivity index (χ4n) is 3.50. The van der Waals surface area contributed by atoms with Crippen molar-refractivity contribution in [2.24, 2.45) is 0 Å². The zero-order valence-electron chi connectivity index (χ0n) is 16.3. The number of thiocarbonyl (C=S) groups is 1. The van der Waals surface area contributed by atoms with E-state index < -0.39 is 10.0 Å². The molecule has 30 heavy (non-hydrogen) atoms. The molecule has 3 aromatic rings. The number of sulfonamides is 1. The topological polar surface area (TPSA) is 83.6 Å². The highest BCUT2D eigenvalue weighted by Crippen LogP contribution is 2.44. The summed E-state index contributed by atoms with van der Waals surface area (Å²) in [6.45, 7) is 0. The van der Waals surface area contributed by atoms with Crippen LogP contribution in [0.1, 0.15) is 22.7 Å². The maximum Gasteiger partial charge on any atom is 0.229 e. The summed E-state index contributed by atoms with van der Waals surface area (Å²) in [4.78, 5) is 7.68. The molecular weight excluding hydrogens is 440 g/mol. The van der Waals surface area contributed by atoms with E-state index in [-0.39, 0.29) is 12.1 Å². The van der Waals surface area contributed by atoms with Gasteiger partial charge < -0.3 is 15.0 Å². The summed E-state index contributed by atoms with van der Waals surface area (Å²) < 4.78 is 31.2. The van der Waals surface area contributed by atoms with E-state index in [0.29, 0.717) is 16.5 Å². The Morgan fingerprint density at radius 1 is 1.23 bits per heavy atom. The molecule has 0 saturated carbocycles. The smallest absolute Gasteiger partial charge is 0.229 e. The van der Waals surface area contributed by atoms with Gasteiger partial charge in [-0.2, -0.15) is 0 Å². The highest BCUT2D eigenvalue weighted by Gasteiger charge is 2.41. The Kier molecular flexibility index (Phi) is 5.63. The van der Waals surface area contributed by atoms with Gasteiger partial charge in [0, 0.05) is 22.8 Å². The molecule has 4 rings (SSSR count). The number of aromatic nitrogens is 1. The van der Waals surface area contributed by atoms with Crippen LogP contribution in [0.2, 0.25) is 0 Å². The van der Waals surface area contributed by atoms with E-state index in [9.17, 15) is 8.42 Å². The predicted molar refractivity (Wildman–Crippen MR) is 124 cm³/mol. The first-order chi connectivity index (χ1) is 14.4. The van der Waals surface area contributed by atoms with Gasteiger partial charge in [-0.1, -0.05) is 12.1 Å². The number of rotatable bonds is 6. The highest BCUT2D eigenvalue weighted by atomic mass is 32.2. The van der Waals surface area contributed by atoms with Crippen LogP contribution in [0.3, 0.4) is 0 Å². The van der Waals surface area contributed by atoms with Crippen LogP contribution < -0.4 is 19.7 Å². The molecule has 0 aliphatic carbocycles. The Balaban J connectivity index is 1.78. The third kappa shape index (κ3) is 4.11. The average Bonchev–Trinajstić information content (AvgIpc) is 3.35. The summed E-state index contributed by atoms with van der Waals surface area (Å²) in [5.41, 5.74) is 2.05. The second-order valence-electron chi connectivity index (χ2n) is 6.77. The number of pyridine rings is 1. The minimum atomic E-state index is -3.43. The van der Waals surface area contributed by atoms with E-state index in [1.807, 2.05) is 40.6 Å². The van der Waals surface area contributed by atoms with Crippen LogP contribution in [0.25, 0.3) is 0 Å². The normalized spacial score (nSPS) is 18.9. The Bertz CT molecular complexity index is 1150. The highest BCUT2D eigenvalue weighted by molar-refractivity contribution is 7.92. The largest absolute Gasteiger partial charge is 0.494 e. The minimum Gasteiger partial charge on any atom is -0.494 e. The van der Waals surface area contributed by atoms with Gasteiger partial charge in [0.05, 0.1) is 36.8 Å². The molecule has 1 fully saturated rings. The van der Waals surface area contributed by atoms with E-state index in [0.717, 1.165) is 22.5 Å². The van der Waals surface area contributed by atoms with Crippen molar-refractivity contribution in [3.63, 3.8) is 0 Å². The number of benzene rings is 1. The quantitative estimate of drug-likeness (QED) is 0.543. The standard InChI is InChI=1S/C20H20N4O3S3/c1-27-16-12-13(8-9-14(16)23-30(2,25)26)24-19(17-7-5-11-29-17)18(22-20(24)28)15-6-3-4-10-21-15/h3-12,18-19,23H,1-2H3,(H,22,28)/t18-,19-/m0/s1. The molecule has 156 valence electrons. The van der Waals surface area contributed by atoms with Gasteiger partial charge in [-0.15, -0.1) is 11.3 Å². The first kappa shape index (κ1) is 20.6. The zero-order chi connectivity index (χ0) is 21.3. The summed E-state index contributed by atoms with van der Waals surface area (Å²) in [6.07, 6.45) is 2.87. The number of thiophene rings is 1. The summed E-state index contributed by atoms with van der Waals surface area (Å²) in [5, 5.41) is 5.99. The first-order valence-corrected chi connectivity index (χ1v) is 12.2. The lowest BCUT2D eigenvalue weighted by molar-refractivity contribution is 0.417. The molecule has 7 nitrogen and oxygen atoms in total. The number of methoxy groups -OCH3 is 1. The van der Waals surface area contributed by atoms with Crippen molar-refractivity contribution < 1.29 is 13.2 Å². The molecule has 1 aromatic carbocycles. The number of nitrogens with zero attached hydrogens (tertiary/aromatic N) is 2. The average molecular weight is 461 g/mol. The lowest BCUT2D eigenvalue weighted by Crippen LogP contribution is -2.29. The first-order valence-electron chi connectivity index (χ1n) is 9.07. The molecule has 1 saturated heterocycles. The molecule has 2 aromatic heterocycles. The van der Waals surface area contributed by atoms with Crippen LogP contribution >= 0.6 is 23.6 Å². The van der Waals surface area contributed by atoms with E-state index in [4.69, 9.17) is 17.0 Å². The van der Waals surface area contributed by atoms with Gasteiger partial charge in [-0.25, -0.2) is 8.42 Å². The number of anilines is 2. The molecule has 1 aliphatic heterocycles. The van der Waals surface area contributed by atoms with Gasteiger partial charge in [-0.05, 0) is 47.9 Å². The second-order valence-corrected chi connectivity index (χ2v) is 9.89. The van der Waals surface area contributed by atoms with Crippen LogP contribution in [-0.2, 0) is 10.0 Å². The van der Waals surface area contributed by atoms with E-state index in [2.05, 4.69) is 21.1 Å². The van der Waals surface area contributed by atoms with E-state index in [1.54, 1.807) is 29.7 Å². The summed E-state index contributed by atoms with van der Waals surface area (Å²) in [6, 6.07) is 14.9. The van der Waals surface area contributed by atoms with Crippen LogP contribution in [0.5, 0.6) is 5.75 Å². The minimum absolute atomic E-state index is 0.106. The van der Waals surface area contributed by atoms with Crippen LogP contribution in [0.15, 0.2) is 60.1 Å². The number of hydrogen-bond donors (Lipinski definition) is 2. The van der Waals surface area contributed by atoms with Gasteiger partial charge in [-0.3, -0.25) is 9.71 Å². The molecular formula is C20H20N4O3S3. The SMILES string of the molecule is COc1cc(N2C(=S)N[C@@H](c3ccccn3)[C@@H]2c2cccs2)ccc1NS(C)(=O)=O. The van der Waals surface area contributed by atoms with Crippen molar-refractivity contribution in [3.8, 4) is 5.75 Å². The molecule has 1 aliphatic rings. The molecule has 2 atom stereocenters. The molecule has 2 N–H and O–H groups in total. The number of hydrogen-bond acceptors (Lipinski definition) is 6. The molecule has 10 heteroatoms. The van der Waals surface area contributed by atoms with Crippen LogP contribution in [0.4, 0.5) is 11.4 Å². The van der Waals surface area contributed by atoms with Gasteiger partial charge in [0.2, 0.25) is 10.0 Å². The van der Waals surface area contributed by atoms with Gasteiger partial charge in [0.15, 0.2) is 5.11 Å². The van der Waals surface area contributed by atoms with Crippen molar-refractivity contribution in [1.29, 1.82) is 0 Å². The van der Waals surface area contributed by atoms with Crippen molar-refractivity contribution in [3.05, 3.63) is 70.7 Å². The molecule has 3 heterocycles. The molecule has 0 spiro atoms. The Morgan fingerprint density at radius 2 is 2.07 bits per heavy atom. The van der Waals surface area contributed by atoms with Crippen molar-refractivity contribution in [1.82, 2.24) is 10.3 Å². The predicted octanol–water partition coefficient (Wildman–Crippen LogP) is 3.70. The van der Waals surface area contributed by atoms with Gasteiger partial charge >= 0.3 is 0 Å². The van der Waals surface area contributed by atoms with E-state index >= 15 is 0 Å². The van der Waals surface area contributed by atoms with Gasteiger partial charge in [0.25, 0.3) is 0 Å². The second kappa shape index (κ2) is 8.21. The monoisotopic (exact) mass is 460 g/mol. The number of ether oxygens (including phenoxy) is 1. The maximum absolute atomic E-state index is 11.7. The zero-order valence-corrected chi connectivity index (χ0v) is 18.7. The van der Waals surface area contributed by atoms with Gasteiger partial charge in [0.1, 0.15) is 5.75 Å². The van der Waals surface area contributed by atoms with E-state index in [1.165, 1.54) is 7.11 Å². The molecule has 0 unspecified atom stereocenters. The summed E-state index contributed by atoms with van der Waals surface area (Å²) in [7, 11) is -1.93. The van der Waals surface area contributed by atoms with Crippen LogP contribution in [-0.4, -0.2) is 31.9 Å². The summed E-state index contributed by atoms with van der Waals surface area (Å²) in [5.74, 6) is 0.409.